The van der Waals surface area contributed by atoms with Gasteiger partial charge >= 0.3 is 12.2 Å². The predicted octanol–water partition coefficient (Wildman–Crippen LogP) is 21.2. The van der Waals surface area contributed by atoms with Crippen molar-refractivity contribution < 1.29 is 38.9 Å². The Kier molecular flexibility index (Phi) is 42.8. The minimum atomic E-state index is -0.634. The molecule has 512 valence electrons. The molecule has 6 rings (SSSR count). The minimum absolute atomic E-state index is 0. The molecule has 0 saturated heterocycles. The number of Topliss-reactive ketones (excluding diaryl/α,β-unsaturated/α-hetero) is 2. The summed E-state index contributed by atoms with van der Waals surface area (Å²) in [5, 5.41) is 23.6. The van der Waals surface area contributed by atoms with Gasteiger partial charge in [-0.1, -0.05) is 171 Å². The first-order chi connectivity index (χ1) is 41.6. The van der Waals surface area contributed by atoms with Gasteiger partial charge in [0.1, 0.15) is 11.2 Å². The molecule has 0 aromatic heterocycles. The number of hydrogen-bond acceptors (Lipinski definition) is 9. The maximum Gasteiger partial charge on any atom is 0.407 e. The third-order valence-corrected chi connectivity index (χ3v) is 15.1. The number of rotatable bonds is 17. The highest BCUT2D eigenvalue weighted by molar-refractivity contribution is 6.40. The highest BCUT2D eigenvalue weighted by Gasteiger charge is 2.29. The fourth-order valence-electron chi connectivity index (χ4n) is 10.9. The van der Waals surface area contributed by atoms with Crippen LogP contribution in [-0.2, 0) is 9.47 Å². The fourth-order valence-corrected chi connectivity index (χ4v) is 10.9. The molecular formula is C77H120Cl3N3O8. The molecule has 0 bridgehead atoms. The number of ether oxygens (including phenoxy) is 2. The van der Waals surface area contributed by atoms with Crippen molar-refractivity contribution in [2.45, 2.75) is 227 Å². The Morgan fingerprint density at radius 2 is 0.890 bits per heavy atom. The maximum atomic E-state index is 12.5. The summed E-state index contributed by atoms with van der Waals surface area (Å²) in [5.74, 6) is 0.843. The minimum Gasteiger partial charge on any atom is -0.444 e. The van der Waals surface area contributed by atoms with Crippen LogP contribution in [-0.4, -0.2) is 82.6 Å². The Labute approximate surface area is 567 Å². The second-order valence-electron chi connectivity index (χ2n) is 26.7. The van der Waals surface area contributed by atoms with Gasteiger partial charge in [-0.05, 0) is 213 Å². The maximum absolute atomic E-state index is 12.5. The number of allylic oxidation sites excluding steroid dienone is 9. The van der Waals surface area contributed by atoms with E-state index in [1.54, 1.807) is 6.92 Å². The van der Waals surface area contributed by atoms with E-state index >= 15 is 0 Å². The summed E-state index contributed by atoms with van der Waals surface area (Å²) in [5.41, 5.74) is 19.2. The molecule has 0 saturated carbocycles. The standard InChI is InChI=1S/C25H37NO3.C25H35NO3.C20H27NO.C2H5Cl.C2H6O.CH2Cl2.2CH4/c2*1-18-9-8-15-25(5,6)21(18)13-12-19-10-7-11-20(17-19)22(27)14-16-26-23(28)29-24(2,3)4;1-15-6-5-12-20(2,3)18(15)10-9-16-7-4-8-17(14-16)19(22)11-13-21;2*1-2-3;2-1-3;;/h7,10-13,17,22,27H,8-9,14-16H2,1-6H3,(H,26,28);7,10-13,17H,8-9,14-16H2,1-6H3,(H,26,28);4,7-10,14H,5-6,11-13,21H2,1-3H3;2H2,1H3;3H,2H2,1H3;1H2;2*1H4/b2*13-12+;10-9+;;;;;. The van der Waals surface area contributed by atoms with Crippen molar-refractivity contribution >= 4 is 76.8 Å². The van der Waals surface area contributed by atoms with Gasteiger partial charge in [0.15, 0.2) is 11.6 Å². The largest absolute Gasteiger partial charge is 0.444 e. The number of aliphatic hydroxyl groups is 2. The van der Waals surface area contributed by atoms with Crippen molar-refractivity contribution in [1.82, 2.24) is 10.6 Å². The van der Waals surface area contributed by atoms with E-state index in [9.17, 15) is 24.3 Å². The molecule has 3 aromatic rings. The number of ketones is 2. The van der Waals surface area contributed by atoms with Gasteiger partial charge in [-0.15, -0.1) is 34.8 Å². The summed E-state index contributed by atoms with van der Waals surface area (Å²) >= 11 is 14.5. The predicted molar refractivity (Wildman–Crippen MR) is 392 cm³/mol. The van der Waals surface area contributed by atoms with E-state index in [-0.39, 0.29) is 67.6 Å². The van der Waals surface area contributed by atoms with E-state index in [0.717, 1.165) is 40.1 Å². The van der Waals surface area contributed by atoms with Crippen molar-refractivity contribution in [1.29, 1.82) is 0 Å². The Hall–Kier alpha value is -5.27. The molecule has 3 aromatic carbocycles. The zero-order valence-electron chi connectivity index (χ0n) is 57.3. The molecule has 0 radical (unpaired) electrons. The van der Waals surface area contributed by atoms with Crippen LogP contribution in [0.2, 0.25) is 0 Å². The van der Waals surface area contributed by atoms with Crippen molar-refractivity contribution in [3.8, 4) is 0 Å². The van der Waals surface area contributed by atoms with Gasteiger partial charge in [0, 0.05) is 49.5 Å². The first-order valence-electron chi connectivity index (χ1n) is 31.8. The molecule has 14 heteroatoms. The molecule has 1 atom stereocenters. The molecule has 3 aliphatic carbocycles. The third-order valence-electron chi connectivity index (χ3n) is 15.1. The Morgan fingerprint density at radius 3 is 1.22 bits per heavy atom. The molecule has 0 spiro atoms. The number of carbonyl (C=O) groups is 4. The molecule has 0 aliphatic heterocycles. The second kappa shape index (κ2) is 44.4. The summed E-state index contributed by atoms with van der Waals surface area (Å²) in [6.45, 7) is 36.3. The SMILES string of the molecule is C.C.CC1=C(/C=C/c2cccc(C(=O)CCN)c2)C(C)(C)CCC1.CC1=C(/C=C/c2cccc(C(=O)CCNC(=O)OC(C)(C)C)c2)C(C)(C)CCC1.CC1=C(/C=C/c2cccc(C(O)CCNC(=O)OC(C)(C)C)c2)C(C)(C)CCC1.CCCl.CCO.ClCCl. The van der Waals surface area contributed by atoms with E-state index in [1.807, 2.05) is 115 Å². The number of nitrogens with two attached hydrogens (primary N) is 1. The van der Waals surface area contributed by atoms with Gasteiger partial charge in [-0.3, -0.25) is 9.59 Å². The first-order valence-corrected chi connectivity index (χ1v) is 33.4. The Morgan fingerprint density at radius 1 is 0.571 bits per heavy atom. The monoisotopic (exact) mass is 1320 g/mol. The molecule has 0 fully saturated rings. The molecule has 91 heavy (non-hydrogen) atoms. The van der Waals surface area contributed by atoms with Gasteiger partial charge in [0.25, 0.3) is 0 Å². The van der Waals surface area contributed by atoms with Crippen LogP contribution in [0.1, 0.15) is 259 Å². The fraction of sp³-hybridized carbons (Fsp3) is 0.558. The summed E-state index contributed by atoms with van der Waals surface area (Å²) in [6, 6.07) is 23.4. The van der Waals surface area contributed by atoms with Crippen LogP contribution < -0.4 is 16.4 Å². The summed E-state index contributed by atoms with van der Waals surface area (Å²) in [4.78, 5) is 47.8. The van der Waals surface area contributed by atoms with Crippen molar-refractivity contribution in [2.75, 3.05) is 37.5 Å². The summed E-state index contributed by atoms with van der Waals surface area (Å²) in [7, 11) is 0. The van der Waals surface area contributed by atoms with Gasteiger partial charge < -0.3 is 36.1 Å². The van der Waals surface area contributed by atoms with Crippen LogP contribution in [0.15, 0.2) is 124 Å². The summed E-state index contributed by atoms with van der Waals surface area (Å²) in [6.07, 6.45) is 23.5. The highest BCUT2D eigenvalue weighted by Crippen LogP contribution is 2.43. The number of benzene rings is 3. The number of aliphatic hydroxyl groups excluding tert-OH is 2. The number of nitrogens with one attached hydrogen (secondary N) is 2. The van der Waals surface area contributed by atoms with E-state index in [2.05, 4.69) is 115 Å². The van der Waals surface area contributed by atoms with E-state index in [1.165, 1.54) is 84.8 Å². The molecular weight excluding hydrogens is 1200 g/mol. The van der Waals surface area contributed by atoms with E-state index in [0.29, 0.717) is 31.5 Å². The Bertz CT molecular complexity index is 2860. The van der Waals surface area contributed by atoms with Gasteiger partial charge in [-0.25, -0.2) is 9.59 Å². The lowest BCUT2D eigenvalue weighted by molar-refractivity contribution is 0.0509. The van der Waals surface area contributed by atoms with E-state index < -0.39 is 29.5 Å². The molecule has 6 N–H and O–H groups in total. The molecule has 3 aliphatic rings. The van der Waals surface area contributed by atoms with E-state index in [4.69, 9.17) is 55.1 Å². The molecule has 1 unspecified atom stereocenters. The number of amides is 2. The van der Waals surface area contributed by atoms with Crippen LogP contribution in [0.25, 0.3) is 18.2 Å². The average Bonchev–Trinajstić information content (AvgIpc) is 0.910. The normalized spacial score (nSPS) is 16.0. The quantitative estimate of drug-likeness (QED) is 0.0650. The lowest BCUT2D eigenvalue weighted by atomic mass is 9.72. The number of halogens is 3. The van der Waals surface area contributed by atoms with Crippen molar-refractivity contribution in [3.63, 3.8) is 0 Å². The molecule has 0 heterocycles. The second-order valence-corrected chi connectivity index (χ2v) is 28.0. The molecule has 2 amide bonds. The van der Waals surface area contributed by atoms with Crippen molar-refractivity contribution in [2.24, 2.45) is 22.0 Å². The molecule has 11 nitrogen and oxygen atoms in total. The van der Waals surface area contributed by atoms with Crippen LogP contribution >= 0.6 is 34.8 Å². The lowest BCUT2D eigenvalue weighted by Crippen LogP contribution is -2.33. The Balaban J connectivity index is 0. The van der Waals surface area contributed by atoms with Gasteiger partial charge in [-0.2, -0.15) is 0 Å². The smallest absolute Gasteiger partial charge is 0.407 e. The topological polar surface area (TPSA) is 177 Å². The van der Waals surface area contributed by atoms with Crippen molar-refractivity contribution in [3.05, 3.63) is 158 Å². The average molecular weight is 1320 g/mol. The zero-order chi connectivity index (χ0) is 67.6. The number of hydrogen-bond donors (Lipinski definition) is 5. The number of alkyl carbamates (subject to hydrolysis) is 2. The summed E-state index contributed by atoms with van der Waals surface area (Å²) < 4.78 is 10.4. The van der Waals surface area contributed by atoms with Crippen LogP contribution in [0.5, 0.6) is 0 Å². The number of alkyl halides is 3. The first kappa shape index (κ1) is 87.8. The number of carbonyl (C=O) groups excluding carboxylic acids is 4. The van der Waals surface area contributed by atoms with Crippen LogP contribution in [0, 0.1) is 16.2 Å². The third kappa shape index (κ3) is 35.5. The lowest BCUT2D eigenvalue weighted by Gasteiger charge is -2.32. The van der Waals surface area contributed by atoms with Crippen LogP contribution in [0.4, 0.5) is 9.59 Å². The zero-order valence-corrected chi connectivity index (χ0v) is 59.5. The van der Waals surface area contributed by atoms with Gasteiger partial charge in [0.2, 0.25) is 0 Å². The van der Waals surface area contributed by atoms with Crippen LogP contribution in [0.3, 0.4) is 0 Å². The van der Waals surface area contributed by atoms with Gasteiger partial charge in [0.05, 0.1) is 11.4 Å². The highest BCUT2D eigenvalue weighted by atomic mass is 35.5.